The summed E-state index contributed by atoms with van der Waals surface area (Å²) >= 11 is 12.2. The molecule has 1 atom stereocenters. The number of nitrogens with zero attached hydrogens (tertiary/aromatic N) is 2. The van der Waals surface area contributed by atoms with Gasteiger partial charge in [0.15, 0.2) is 0 Å². The van der Waals surface area contributed by atoms with Crippen molar-refractivity contribution in [3.63, 3.8) is 0 Å². The Morgan fingerprint density at radius 3 is 2.39 bits per heavy atom. The van der Waals surface area contributed by atoms with E-state index in [0.717, 1.165) is 27.9 Å². The second-order valence-corrected chi connectivity index (χ2v) is 9.85. The Hall–Kier alpha value is -3.38. The second-order valence-electron chi connectivity index (χ2n) is 9.01. The number of benzene rings is 3. The molecule has 0 saturated heterocycles. The van der Waals surface area contributed by atoms with Crippen LogP contribution >= 0.6 is 23.2 Å². The van der Waals surface area contributed by atoms with Crippen LogP contribution in [0.15, 0.2) is 85.2 Å². The van der Waals surface area contributed by atoms with Gasteiger partial charge in [-0.05, 0) is 76.2 Å². The van der Waals surface area contributed by atoms with Crippen LogP contribution in [-0.2, 0) is 30.8 Å². The Balaban J connectivity index is 1.18. The summed E-state index contributed by atoms with van der Waals surface area (Å²) in [5, 5.41) is 4.58. The fraction of sp³-hybridized carbons (Fsp3) is 0.172. The fourth-order valence-corrected chi connectivity index (χ4v) is 4.96. The molecule has 2 heterocycles. The van der Waals surface area contributed by atoms with E-state index in [0.29, 0.717) is 36.1 Å². The van der Waals surface area contributed by atoms with Gasteiger partial charge in [-0.2, -0.15) is 0 Å². The van der Waals surface area contributed by atoms with Crippen LogP contribution in [0, 0.1) is 0 Å². The Labute approximate surface area is 220 Å². The zero-order valence-corrected chi connectivity index (χ0v) is 21.1. The zero-order valence-electron chi connectivity index (χ0n) is 19.6. The van der Waals surface area contributed by atoms with Crippen LogP contribution in [0.3, 0.4) is 0 Å². The molecule has 0 fully saturated rings. The van der Waals surface area contributed by atoms with E-state index >= 15 is 0 Å². The number of aromatic nitrogens is 1. The number of carbonyl (C=O) groups is 1. The van der Waals surface area contributed by atoms with Crippen molar-refractivity contribution in [2.24, 2.45) is 5.73 Å². The van der Waals surface area contributed by atoms with Gasteiger partial charge < -0.3 is 16.0 Å². The van der Waals surface area contributed by atoms with Crippen LogP contribution in [0.1, 0.15) is 22.3 Å². The number of nitrogens with two attached hydrogens (primary N) is 1. The molecule has 0 bridgehead atoms. The number of fused-ring (bicyclic) bond motifs is 1. The summed E-state index contributed by atoms with van der Waals surface area (Å²) in [6.45, 7) is 1.82. The number of amides is 1. The highest BCUT2D eigenvalue weighted by Crippen LogP contribution is 2.28. The first-order chi connectivity index (χ1) is 17.5. The molecule has 1 amide bonds. The SMILES string of the molecule is N[C@H](Cc1ccc(Cl)cc1Cl)C(=O)N1Cc2ccc(NCc3ccc(-c4ccncc4)cc3)cc2C1. The van der Waals surface area contributed by atoms with E-state index in [-0.39, 0.29) is 5.91 Å². The van der Waals surface area contributed by atoms with Gasteiger partial charge in [0.05, 0.1) is 6.04 Å². The highest BCUT2D eigenvalue weighted by Gasteiger charge is 2.27. The van der Waals surface area contributed by atoms with Crippen LogP contribution in [0.25, 0.3) is 11.1 Å². The standard InChI is InChI=1S/C29H26Cl2N4O/c30-25-7-5-22(27(31)15-25)14-28(32)29(36)35-17-23-6-8-26(13-24(23)18-35)34-16-19-1-3-20(4-2-19)21-9-11-33-12-10-21/h1-13,15,28,34H,14,16-18,32H2/t28-/m1/s1. The van der Waals surface area contributed by atoms with E-state index < -0.39 is 6.04 Å². The molecule has 1 aliphatic rings. The van der Waals surface area contributed by atoms with Gasteiger partial charge in [-0.3, -0.25) is 9.78 Å². The maximum absolute atomic E-state index is 13.0. The van der Waals surface area contributed by atoms with E-state index in [4.69, 9.17) is 28.9 Å². The maximum atomic E-state index is 13.0. The molecule has 0 saturated carbocycles. The average Bonchev–Trinajstić information content (AvgIpc) is 3.33. The lowest BCUT2D eigenvalue weighted by Crippen LogP contribution is -2.42. The van der Waals surface area contributed by atoms with Crippen LogP contribution in [0.5, 0.6) is 0 Å². The van der Waals surface area contributed by atoms with Gasteiger partial charge in [0.2, 0.25) is 5.91 Å². The van der Waals surface area contributed by atoms with Gasteiger partial charge in [0.25, 0.3) is 0 Å². The summed E-state index contributed by atoms with van der Waals surface area (Å²) in [4.78, 5) is 18.9. The van der Waals surface area contributed by atoms with Gasteiger partial charge in [0.1, 0.15) is 0 Å². The minimum Gasteiger partial charge on any atom is -0.381 e. The summed E-state index contributed by atoms with van der Waals surface area (Å²) in [6.07, 6.45) is 3.97. The third kappa shape index (κ3) is 5.54. The van der Waals surface area contributed by atoms with Crippen molar-refractivity contribution in [1.82, 2.24) is 9.88 Å². The highest BCUT2D eigenvalue weighted by atomic mass is 35.5. The summed E-state index contributed by atoms with van der Waals surface area (Å²) in [5.41, 5.74) is 13.9. The Morgan fingerprint density at radius 1 is 0.917 bits per heavy atom. The van der Waals surface area contributed by atoms with Gasteiger partial charge in [0, 0.05) is 47.8 Å². The number of hydrogen-bond donors (Lipinski definition) is 2. The van der Waals surface area contributed by atoms with Crippen molar-refractivity contribution >= 4 is 34.8 Å². The molecule has 182 valence electrons. The summed E-state index contributed by atoms with van der Waals surface area (Å²) in [7, 11) is 0. The van der Waals surface area contributed by atoms with Crippen LogP contribution in [0.4, 0.5) is 5.69 Å². The highest BCUT2D eigenvalue weighted by molar-refractivity contribution is 6.35. The number of rotatable bonds is 7. The Bertz CT molecular complexity index is 1380. The Morgan fingerprint density at radius 2 is 1.64 bits per heavy atom. The third-order valence-electron chi connectivity index (χ3n) is 6.48. The van der Waals surface area contributed by atoms with Crippen LogP contribution in [-0.4, -0.2) is 21.8 Å². The third-order valence-corrected chi connectivity index (χ3v) is 7.06. The lowest BCUT2D eigenvalue weighted by molar-refractivity contribution is -0.133. The molecule has 0 spiro atoms. The maximum Gasteiger partial charge on any atom is 0.240 e. The normalized spacial score (nSPS) is 13.4. The predicted molar refractivity (Wildman–Crippen MR) is 146 cm³/mol. The number of anilines is 1. The van der Waals surface area contributed by atoms with E-state index in [1.54, 1.807) is 29.4 Å². The number of nitrogens with one attached hydrogen (secondary N) is 1. The smallest absolute Gasteiger partial charge is 0.240 e. The molecular weight excluding hydrogens is 491 g/mol. The molecule has 0 unspecified atom stereocenters. The van der Waals surface area contributed by atoms with Crippen molar-refractivity contribution in [3.8, 4) is 11.1 Å². The van der Waals surface area contributed by atoms with Gasteiger partial charge >= 0.3 is 0 Å². The molecule has 0 aliphatic carbocycles. The lowest BCUT2D eigenvalue weighted by atomic mass is 10.1. The molecule has 1 aliphatic heterocycles. The van der Waals surface area contributed by atoms with Gasteiger partial charge in [-0.25, -0.2) is 0 Å². The molecule has 0 radical (unpaired) electrons. The molecule has 1 aromatic heterocycles. The molecule has 4 aromatic rings. The zero-order chi connectivity index (χ0) is 25.1. The van der Waals surface area contributed by atoms with E-state index in [1.165, 1.54) is 11.1 Å². The largest absolute Gasteiger partial charge is 0.381 e. The van der Waals surface area contributed by atoms with E-state index in [2.05, 4.69) is 52.8 Å². The first-order valence-corrected chi connectivity index (χ1v) is 12.5. The fourth-order valence-electron chi connectivity index (χ4n) is 4.47. The first kappa shape index (κ1) is 24.3. The average molecular weight is 517 g/mol. The molecule has 3 N–H and O–H groups in total. The number of pyridine rings is 1. The Kier molecular flexibility index (Phi) is 7.23. The quantitative estimate of drug-likeness (QED) is 0.312. The van der Waals surface area contributed by atoms with Crippen LogP contribution in [0.2, 0.25) is 10.0 Å². The summed E-state index contributed by atoms with van der Waals surface area (Å²) in [6, 6.07) is 23.4. The number of carbonyl (C=O) groups excluding carboxylic acids is 1. The lowest BCUT2D eigenvalue weighted by Gasteiger charge is -2.20. The van der Waals surface area contributed by atoms with Crippen LogP contribution < -0.4 is 11.1 Å². The van der Waals surface area contributed by atoms with Crippen molar-refractivity contribution in [2.75, 3.05) is 5.32 Å². The molecular formula is C29H26Cl2N4O. The summed E-state index contributed by atoms with van der Waals surface area (Å²) in [5.74, 6) is -0.0824. The van der Waals surface area contributed by atoms with E-state index in [1.807, 2.05) is 18.2 Å². The van der Waals surface area contributed by atoms with Crippen molar-refractivity contribution in [3.05, 3.63) is 117 Å². The molecule has 3 aromatic carbocycles. The minimum absolute atomic E-state index is 0.0824. The molecule has 36 heavy (non-hydrogen) atoms. The van der Waals surface area contributed by atoms with Crippen molar-refractivity contribution in [2.45, 2.75) is 32.1 Å². The minimum atomic E-state index is -0.661. The molecule has 5 nitrogen and oxygen atoms in total. The monoisotopic (exact) mass is 516 g/mol. The second kappa shape index (κ2) is 10.7. The molecule has 5 rings (SSSR count). The van der Waals surface area contributed by atoms with Crippen molar-refractivity contribution in [1.29, 1.82) is 0 Å². The van der Waals surface area contributed by atoms with E-state index in [9.17, 15) is 4.79 Å². The number of hydrogen-bond acceptors (Lipinski definition) is 4. The topological polar surface area (TPSA) is 71.2 Å². The summed E-state index contributed by atoms with van der Waals surface area (Å²) < 4.78 is 0. The predicted octanol–water partition coefficient (Wildman–Crippen LogP) is 6.08. The first-order valence-electron chi connectivity index (χ1n) is 11.8. The van der Waals surface area contributed by atoms with Gasteiger partial charge in [-0.1, -0.05) is 59.6 Å². The van der Waals surface area contributed by atoms with Crippen molar-refractivity contribution < 1.29 is 4.79 Å². The van der Waals surface area contributed by atoms with Gasteiger partial charge in [-0.15, -0.1) is 0 Å². The number of halogens is 2. The molecule has 7 heteroatoms.